The number of para-hydroxylation sites is 2. The summed E-state index contributed by atoms with van der Waals surface area (Å²) in [5.41, 5.74) is 3.16. The topological polar surface area (TPSA) is 85.6 Å². The maximum absolute atomic E-state index is 12.8. The van der Waals surface area contributed by atoms with Crippen molar-refractivity contribution >= 4 is 22.8 Å². The van der Waals surface area contributed by atoms with E-state index in [1.807, 2.05) is 62.1 Å². The third-order valence-electron chi connectivity index (χ3n) is 6.20. The average Bonchev–Trinajstić information content (AvgIpc) is 3.11. The van der Waals surface area contributed by atoms with Gasteiger partial charge in [-0.1, -0.05) is 24.3 Å². The minimum atomic E-state index is -0.128. The van der Waals surface area contributed by atoms with Crippen molar-refractivity contribution in [2.75, 3.05) is 13.1 Å². The Morgan fingerprint density at radius 1 is 0.971 bits per heavy atom. The van der Waals surface area contributed by atoms with E-state index in [0.29, 0.717) is 38.3 Å². The zero-order valence-corrected chi connectivity index (χ0v) is 20.0. The van der Waals surface area contributed by atoms with Crippen molar-refractivity contribution in [2.24, 2.45) is 0 Å². The molecule has 0 aliphatic carbocycles. The Hall–Kier alpha value is -3.39. The maximum atomic E-state index is 12.8. The number of carbonyl (C=O) groups is 2. The summed E-state index contributed by atoms with van der Waals surface area (Å²) in [7, 11) is 0. The maximum Gasteiger partial charge on any atom is 0.329 e. The molecular formula is C26H32N4O4. The highest BCUT2D eigenvalue weighted by Crippen LogP contribution is 2.16. The van der Waals surface area contributed by atoms with E-state index in [-0.39, 0.29) is 36.1 Å². The average molecular weight is 465 g/mol. The number of morpholine rings is 1. The fourth-order valence-electron chi connectivity index (χ4n) is 4.59. The predicted octanol–water partition coefficient (Wildman–Crippen LogP) is 2.78. The summed E-state index contributed by atoms with van der Waals surface area (Å²) in [4.78, 5) is 39.8. The van der Waals surface area contributed by atoms with Gasteiger partial charge in [-0.15, -0.1) is 0 Å². The molecule has 4 rings (SSSR count). The lowest BCUT2D eigenvalue weighted by molar-refractivity contribution is -0.121. The highest BCUT2D eigenvalue weighted by molar-refractivity contribution is 5.94. The number of carbonyl (C=O) groups excluding carboxylic acids is 2. The van der Waals surface area contributed by atoms with Gasteiger partial charge in [0.25, 0.3) is 5.91 Å². The van der Waals surface area contributed by atoms with Gasteiger partial charge in [-0.05, 0) is 50.6 Å². The van der Waals surface area contributed by atoms with E-state index < -0.39 is 0 Å². The number of nitrogens with one attached hydrogen (secondary N) is 1. The first-order chi connectivity index (χ1) is 16.4. The molecule has 1 fully saturated rings. The molecule has 1 saturated heterocycles. The van der Waals surface area contributed by atoms with Gasteiger partial charge >= 0.3 is 5.69 Å². The smallest absolute Gasteiger partial charge is 0.329 e. The van der Waals surface area contributed by atoms with Crippen LogP contribution in [0.3, 0.4) is 0 Å². The zero-order valence-electron chi connectivity index (χ0n) is 20.0. The molecule has 2 atom stereocenters. The molecule has 0 spiro atoms. The van der Waals surface area contributed by atoms with Crippen LogP contribution in [0.25, 0.3) is 11.0 Å². The molecule has 2 aromatic carbocycles. The molecule has 0 bridgehead atoms. The lowest BCUT2D eigenvalue weighted by Gasteiger charge is -2.35. The van der Waals surface area contributed by atoms with Crippen molar-refractivity contribution in [3.05, 3.63) is 70.1 Å². The first kappa shape index (κ1) is 23.8. The highest BCUT2D eigenvalue weighted by atomic mass is 16.5. The number of aromatic nitrogens is 2. The van der Waals surface area contributed by atoms with Gasteiger partial charge < -0.3 is 15.0 Å². The van der Waals surface area contributed by atoms with Gasteiger partial charge in [-0.25, -0.2) is 4.79 Å². The lowest BCUT2D eigenvalue weighted by Crippen LogP contribution is -2.48. The SMILES string of the molecule is CCn1c(=O)n(CCC(=O)NCc2ccc(C(=O)N3CC(C)OC(C)C3)cc2)c2ccccc21. The van der Waals surface area contributed by atoms with Crippen LogP contribution < -0.4 is 11.0 Å². The second kappa shape index (κ2) is 10.3. The monoisotopic (exact) mass is 464 g/mol. The molecule has 2 amide bonds. The van der Waals surface area contributed by atoms with Crippen molar-refractivity contribution in [2.45, 2.75) is 59.0 Å². The fourth-order valence-corrected chi connectivity index (χ4v) is 4.59. The van der Waals surface area contributed by atoms with E-state index in [1.165, 1.54) is 0 Å². The van der Waals surface area contributed by atoms with Crippen LogP contribution in [0, 0.1) is 0 Å². The van der Waals surface area contributed by atoms with Gasteiger partial charge in [0, 0.05) is 44.7 Å². The number of benzene rings is 2. The molecule has 1 aliphatic heterocycles. The van der Waals surface area contributed by atoms with Crippen molar-refractivity contribution in [1.82, 2.24) is 19.4 Å². The standard InChI is InChI=1S/C26H32N4O4/c1-4-29-22-7-5-6-8-23(22)30(26(29)33)14-13-24(31)27-15-20-9-11-21(12-10-20)25(32)28-16-18(2)34-19(3)17-28/h5-12,18-19H,4,13-17H2,1-3H3,(H,27,31). The van der Waals surface area contributed by atoms with Crippen LogP contribution in [0.15, 0.2) is 53.3 Å². The van der Waals surface area contributed by atoms with Gasteiger partial charge in [-0.3, -0.25) is 18.7 Å². The number of nitrogens with zero attached hydrogens (tertiary/aromatic N) is 3. The van der Waals surface area contributed by atoms with Crippen molar-refractivity contribution < 1.29 is 14.3 Å². The van der Waals surface area contributed by atoms with Gasteiger partial charge in [0.1, 0.15) is 0 Å². The minimum Gasteiger partial charge on any atom is -0.372 e. The molecule has 2 unspecified atom stereocenters. The Kier molecular flexibility index (Phi) is 7.17. The summed E-state index contributed by atoms with van der Waals surface area (Å²) < 4.78 is 9.08. The lowest BCUT2D eigenvalue weighted by atomic mass is 10.1. The number of hydrogen-bond acceptors (Lipinski definition) is 4. The second-order valence-corrected chi connectivity index (χ2v) is 8.86. The van der Waals surface area contributed by atoms with Gasteiger partial charge in [0.2, 0.25) is 5.91 Å². The Bertz CT molecular complexity index is 1220. The number of imidazole rings is 1. The molecule has 34 heavy (non-hydrogen) atoms. The van der Waals surface area contributed by atoms with Crippen molar-refractivity contribution in [3.63, 3.8) is 0 Å². The number of amides is 2. The normalized spacial score (nSPS) is 18.3. The molecule has 1 aromatic heterocycles. The summed E-state index contributed by atoms with van der Waals surface area (Å²) in [6, 6.07) is 15.0. The zero-order chi connectivity index (χ0) is 24.2. The van der Waals surface area contributed by atoms with Crippen LogP contribution in [0.4, 0.5) is 0 Å². The minimum absolute atomic E-state index is 0.00531. The van der Waals surface area contributed by atoms with E-state index >= 15 is 0 Å². The molecule has 1 aliphatic rings. The van der Waals surface area contributed by atoms with E-state index in [9.17, 15) is 14.4 Å². The summed E-state index contributed by atoms with van der Waals surface area (Å²) in [5, 5.41) is 2.91. The van der Waals surface area contributed by atoms with Crippen molar-refractivity contribution in [3.8, 4) is 0 Å². The van der Waals surface area contributed by atoms with E-state index in [0.717, 1.165) is 16.6 Å². The highest BCUT2D eigenvalue weighted by Gasteiger charge is 2.26. The third-order valence-corrected chi connectivity index (χ3v) is 6.20. The largest absolute Gasteiger partial charge is 0.372 e. The Labute approximate surface area is 199 Å². The summed E-state index contributed by atoms with van der Waals surface area (Å²) >= 11 is 0. The second-order valence-electron chi connectivity index (χ2n) is 8.86. The molecule has 8 heteroatoms. The number of aryl methyl sites for hydroxylation is 2. The summed E-state index contributed by atoms with van der Waals surface area (Å²) in [6.07, 6.45) is 0.259. The van der Waals surface area contributed by atoms with Crippen LogP contribution in [-0.2, 0) is 29.2 Å². The van der Waals surface area contributed by atoms with Gasteiger partial charge in [0.05, 0.1) is 23.2 Å². The summed E-state index contributed by atoms with van der Waals surface area (Å²) in [6.45, 7) is 8.32. The van der Waals surface area contributed by atoms with Gasteiger partial charge in [-0.2, -0.15) is 0 Å². The molecule has 0 saturated carbocycles. The number of rotatable bonds is 7. The first-order valence-electron chi connectivity index (χ1n) is 11.9. The molecule has 0 radical (unpaired) electrons. The Balaban J connectivity index is 1.32. The van der Waals surface area contributed by atoms with Crippen LogP contribution in [0.1, 0.15) is 43.1 Å². The third kappa shape index (κ3) is 5.07. The quantitative estimate of drug-likeness (QED) is 0.583. The molecule has 8 nitrogen and oxygen atoms in total. The van der Waals surface area contributed by atoms with Gasteiger partial charge in [0.15, 0.2) is 0 Å². The molecule has 1 N–H and O–H groups in total. The van der Waals surface area contributed by atoms with E-state index in [4.69, 9.17) is 4.74 Å². The predicted molar refractivity (Wildman–Crippen MR) is 131 cm³/mol. The number of ether oxygens (including phenoxy) is 1. The number of hydrogen-bond donors (Lipinski definition) is 1. The van der Waals surface area contributed by atoms with Crippen LogP contribution >= 0.6 is 0 Å². The number of fused-ring (bicyclic) bond motifs is 1. The fraction of sp³-hybridized carbons (Fsp3) is 0.423. The molecule has 180 valence electrons. The van der Waals surface area contributed by atoms with E-state index in [2.05, 4.69) is 5.32 Å². The Morgan fingerprint density at radius 3 is 2.21 bits per heavy atom. The van der Waals surface area contributed by atoms with Crippen LogP contribution in [-0.4, -0.2) is 51.1 Å². The van der Waals surface area contributed by atoms with Crippen molar-refractivity contribution in [1.29, 1.82) is 0 Å². The molecular weight excluding hydrogens is 432 g/mol. The molecule has 2 heterocycles. The van der Waals surface area contributed by atoms with E-state index in [1.54, 1.807) is 21.3 Å². The molecule has 3 aromatic rings. The van der Waals surface area contributed by atoms with Crippen LogP contribution in [0.2, 0.25) is 0 Å². The summed E-state index contributed by atoms with van der Waals surface area (Å²) in [5.74, 6) is -0.133. The van der Waals surface area contributed by atoms with Crippen LogP contribution in [0.5, 0.6) is 0 Å². The Morgan fingerprint density at radius 2 is 1.59 bits per heavy atom. The first-order valence-corrected chi connectivity index (χ1v) is 11.9.